The SMILES string of the molecule is CNC(=O)C1(NC(=O)c2nn(C)c3c2C[C@H](C)O[C@@H]3C)CCCC1. The van der Waals surface area contributed by atoms with Gasteiger partial charge in [-0.15, -0.1) is 0 Å². The maximum Gasteiger partial charge on any atom is 0.272 e. The van der Waals surface area contributed by atoms with Gasteiger partial charge < -0.3 is 15.4 Å². The van der Waals surface area contributed by atoms with Gasteiger partial charge in [0.25, 0.3) is 5.91 Å². The number of carbonyl (C=O) groups excluding carboxylic acids is 2. The number of aryl methyl sites for hydroxylation is 1. The fraction of sp³-hybridized carbons (Fsp3) is 0.706. The molecule has 2 aliphatic rings. The Bertz CT molecular complexity index is 661. The Morgan fingerprint density at radius 1 is 1.29 bits per heavy atom. The monoisotopic (exact) mass is 334 g/mol. The summed E-state index contributed by atoms with van der Waals surface area (Å²) in [6, 6.07) is 0. The van der Waals surface area contributed by atoms with Crippen LogP contribution in [0.2, 0.25) is 0 Å². The highest BCUT2D eigenvalue weighted by molar-refractivity contribution is 5.99. The first-order valence-electron chi connectivity index (χ1n) is 8.64. The first-order chi connectivity index (χ1) is 11.4. The third-order valence-electron chi connectivity index (χ3n) is 5.19. The number of carbonyl (C=O) groups is 2. The van der Waals surface area contributed by atoms with E-state index in [1.807, 2.05) is 20.9 Å². The molecule has 24 heavy (non-hydrogen) atoms. The van der Waals surface area contributed by atoms with Crippen LogP contribution in [0.4, 0.5) is 0 Å². The van der Waals surface area contributed by atoms with Crippen molar-refractivity contribution in [3.05, 3.63) is 17.0 Å². The number of nitrogens with one attached hydrogen (secondary N) is 2. The Hall–Kier alpha value is -1.89. The first-order valence-corrected chi connectivity index (χ1v) is 8.64. The summed E-state index contributed by atoms with van der Waals surface area (Å²) in [6.45, 7) is 3.97. The molecule has 1 aliphatic heterocycles. The van der Waals surface area contributed by atoms with Crippen molar-refractivity contribution in [2.45, 2.75) is 63.7 Å². The van der Waals surface area contributed by atoms with E-state index in [0.717, 1.165) is 24.1 Å². The molecule has 1 fully saturated rings. The van der Waals surface area contributed by atoms with Crippen molar-refractivity contribution in [2.24, 2.45) is 7.05 Å². The van der Waals surface area contributed by atoms with E-state index < -0.39 is 5.54 Å². The molecule has 1 saturated carbocycles. The third kappa shape index (κ3) is 2.70. The Balaban J connectivity index is 1.91. The van der Waals surface area contributed by atoms with Gasteiger partial charge in [-0.3, -0.25) is 14.3 Å². The van der Waals surface area contributed by atoms with Crippen molar-refractivity contribution in [3.63, 3.8) is 0 Å². The highest BCUT2D eigenvalue weighted by Crippen LogP contribution is 2.33. The normalized spacial score (nSPS) is 25.2. The molecule has 2 heterocycles. The number of amides is 2. The number of hydrogen-bond donors (Lipinski definition) is 2. The first kappa shape index (κ1) is 17.0. The third-order valence-corrected chi connectivity index (χ3v) is 5.19. The summed E-state index contributed by atoms with van der Waals surface area (Å²) in [5.41, 5.74) is 1.49. The predicted octanol–water partition coefficient (Wildman–Crippen LogP) is 1.23. The minimum absolute atomic E-state index is 0.0441. The fourth-order valence-electron chi connectivity index (χ4n) is 4.12. The lowest BCUT2D eigenvalue weighted by Crippen LogP contribution is -2.56. The van der Waals surface area contributed by atoms with Crippen LogP contribution < -0.4 is 10.6 Å². The average molecular weight is 334 g/mol. The molecule has 2 N–H and O–H groups in total. The molecule has 2 atom stereocenters. The van der Waals surface area contributed by atoms with E-state index in [4.69, 9.17) is 4.74 Å². The Morgan fingerprint density at radius 2 is 1.96 bits per heavy atom. The van der Waals surface area contributed by atoms with Gasteiger partial charge in [0.15, 0.2) is 5.69 Å². The van der Waals surface area contributed by atoms with Crippen molar-refractivity contribution >= 4 is 11.8 Å². The molecule has 0 unspecified atom stereocenters. The van der Waals surface area contributed by atoms with Crippen LogP contribution >= 0.6 is 0 Å². The molecule has 0 aromatic carbocycles. The summed E-state index contributed by atoms with van der Waals surface area (Å²) in [4.78, 5) is 25.2. The van der Waals surface area contributed by atoms with Crippen LogP contribution in [0.5, 0.6) is 0 Å². The van der Waals surface area contributed by atoms with Crippen LogP contribution in [0.25, 0.3) is 0 Å². The van der Waals surface area contributed by atoms with Crippen LogP contribution in [0.3, 0.4) is 0 Å². The lowest BCUT2D eigenvalue weighted by atomic mass is 9.94. The molecule has 1 aromatic rings. The molecule has 7 heteroatoms. The van der Waals surface area contributed by atoms with E-state index >= 15 is 0 Å². The standard InChI is InChI=1S/C17H26N4O3/c1-10-9-12-13(20-21(4)14(12)11(2)24-10)15(22)19-17(16(23)18-3)7-5-6-8-17/h10-11H,5-9H2,1-4H3,(H,18,23)(H,19,22)/t10-,11+/m0/s1. The smallest absolute Gasteiger partial charge is 0.272 e. The second-order valence-corrected chi connectivity index (χ2v) is 6.95. The molecule has 0 radical (unpaired) electrons. The molecule has 1 aliphatic carbocycles. The molecular weight excluding hydrogens is 308 g/mol. The van der Waals surface area contributed by atoms with Gasteiger partial charge in [-0.25, -0.2) is 0 Å². The molecule has 0 spiro atoms. The largest absolute Gasteiger partial charge is 0.369 e. The lowest BCUT2D eigenvalue weighted by molar-refractivity contribution is -0.126. The molecule has 132 valence electrons. The minimum atomic E-state index is -0.807. The van der Waals surface area contributed by atoms with Crippen LogP contribution in [0.15, 0.2) is 0 Å². The molecule has 2 amide bonds. The molecule has 0 bridgehead atoms. The highest BCUT2D eigenvalue weighted by Gasteiger charge is 2.43. The molecule has 7 nitrogen and oxygen atoms in total. The predicted molar refractivity (Wildman–Crippen MR) is 88.6 cm³/mol. The van der Waals surface area contributed by atoms with Gasteiger partial charge in [-0.1, -0.05) is 12.8 Å². The summed E-state index contributed by atoms with van der Waals surface area (Å²) in [5, 5.41) is 10.1. The Morgan fingerprint density at radius 3 is 2.58 bits per heavy atom. The van der Waals surface area contributed by atoms with Gasteiger partial charge in [0.2, 0.25) is 5.91 Å². The summed E-state index contributed by atoms with van der Waals surface area (Å²) < 4.78 is 7.56. The van der Waals surface area contributed by atoms with Gasteiger partial charge in [0.1, 0.15) is 5.54 Å². The Labute approximate surface area is 142 Å². The number of rotatable bonds is 3. The van der Waals surface area contributed by atoms with Crippen molar-refractivity contribution in [2.75, 3.05) is 7.05 Å². The number of nitrogens with zero attached hydrogens (tertiary/aromatic N) is 2. The molecule has 0 saturated heterocycles. The fourth-order valence-corrected chi connectivity index (χ4v) is 4.12. The summed E-state index contributed by atoms with van der Waals surface area (Å²) in [7, 11) is 3.44. The van der Waals surface area contributed by atoms with Gasteiger partial charge in [-0.2, -0.15) is 5.10 Å². The van der Waals surface area contributed by atoms with Crippen molar-refractivity contribution in [3.8, 4) is 0 Å². The zero-order valence-corrected chi connectivity index (χ0v) is 14.8. The van der Waals surface area contributed by atoms with Gasteiger partial charge in [0.05, 0.1) is 17.9 Å². The van der Waals surface area contributed by atoms with Crippen LogP contribution in [-0.4, -0.2) is 40.3 Å². The van der Waals surface area contributed by atoms with E-state index in [-0.39, 0.29) is 24.0 Å². The van der Waals surface area contributed by atoms with Crippen molar-refractivity contribution in [1.82, 2.24) is 20.4 Å². The molecular formula is C17H26N4O3. The number of aromatic nitrogens is 2. The van der Waals surface area contributed by atoms with E-state index in [1.165, 1.54) is 0 Å². The summed E-state index contributed by atoms with van der Waals surface area (Å²) in [5.74, 6) is -0.387. The second kappa shape index (κ2) is 6.20. The minimum Gasteiger partial charge on any atom is -0.369 e. The van der Waals surface area contributed by atoms with E-state index in [9.17, 15) is 9.59 Å². The van der Waals surface area contributed by atoms with E-state index in [0.29, 0.717) is 25.0 Å². The molecule has 3 rings (SSSR count). The van der Waals surface area contributed by atoms with Crippen LogP contribution in [0, 0.1) is 0 Å². The number of likely N-dealkylation sites (N-methyl/N-ethyl adjacent to an activating group) is 1. The highest BCUT2D eigenvalue weighted by atomic mass is 16.5. The summed E-state index contributed by atoms with van der Waals surface area (Å²) >= 11 is 0. The average Bonchev–Trinajstić information content (AvgIpc) is 3.12. The van der Waals surface area contributed by atoms with Crippen molar-refractivity contribution < 1.29 is 14.3 Å². The maximum absolute atomic E-state index is 12.9. The zero-order chi connectivity index (χ0) is 17.5. The van der Waals surface area contributed by atoms with Crippen LogP contribution in [0.1, 0.15) is 67.4 Å². The Kier molecular flexibility index (Phi) is 4.38. The topological polar surface area (TPSA) is 85.3 Å². The van der Waals surface area contributed by atoms with E-state index in [1.54, 1.807) is 11.7 Å². The maximum atomic E-state index is 12.9. The molecule has 1 aromatic heterocycles. The quantitative estimate of drug-likeness (QED) is 0.871. The number of hydrogen-bond acceptors (Lipinski definition) is 4. The number of fused-ring (bicyclic) bond motifs is 1. The number of ether oxygens (including phenoxy) is 1. The lowest BCUT2D eigenvalue weighted by Gasteiger charge is -2.29. The van der Waals surface area contributed by atoms with Crippen LogP contribution in [-0.2, 0) is 23.0 Å². The van der Waals surface area contributed by atoms with Gasteiger partial charge >= 0.3 is 0 Å². The summed E-state index contributed by atoms with van der Waals surface area (Å²) in [6.07, 6.45) is 3.83. The van der Waals surface area contributed by atoms with Gasteiger partial charge in [-0.05, 0) is 26.7 Å². The zero-order valence-electron chi connectivity index (χ0n) is 14.8. The van der Waals surface area contributed by atoms with Crippen molar-refractivity contribution in [1.29, 1.82) is 0 Å². The van der Waals surface area contributed by atoms with E-state index in [2.05, 4.69) is 15.7 Å². The second-order valence-electron chi connectivity index (χ2n) is 6.95. The van der Waals surface area contributed by atoms with Gasteiger partial charge in [0, 0.05) is 26.1 Å².